The fourth-order valence-electron chi connectivity index (χ4n) is 3.28. The number of ether oxygens (including phenoxy) is 1. The number of aliphatic carboxylic acids is 1. The number of ketones is 1. The Labute approximate surface area is 175 Å². The highest BCUT2D eigenvalue weighted by atomic mass is 32.2. The van der Waals surface area contributed by atoms with Gasteiger partial charge in [-0.2, -0.15) is 4.31 Å². The molecule has 1 aromatic rings. The molecular weight excluding hydrogens is 412 g/mol. The van der Waals surface area contributed by atoms with Crippen molar-refractivity contribution in [1.29, 1.82) is 0 Å². The Hall–Kier alpha value is -2.72. The van der Waals surface area contributed by atoms with Gasteiger partial charge in [0.2, 0.25) is 10.0 Å². The number of alkyl carbamates (subject to hydrolysis) is 1. The lowest BCUT2D eigenvalue weighted by Crippen LogP contribution is -2.45. The van der Waals surface area contributed by atoms with Crippen LogP contribution in [0.15, 0.2) is 41.8 Å². The number of hydrogen-bond donors (Lipinski definition) is 2. The van der Waals surface area contributed by atoms with Gasteiger partial charge in [-0.15, -0.1) is 0 Å². The van der Waals surface area contributed by atoms with E-state index in [1.165, 1.54) is 18.2 Å². The average Bonchev–Trinajstić information content (AvgIpc) is 3.20. The number of rotatable bonds is 10. The maximum atomic E-state index is 13.0. The van der Waals surface area contributed by atoms with Crippen LogP contribution in [0.3, 0.4) is 0 Å². The van der Waals surface area contributed by atoms with E-state index in [1.807, 2.05) is 6.92 Å². The van der Waals surface area contributed by atoms with Gasteiger partial charge < -0.3 is 15.2 Å². The Morgan fingerprint density at radius 3 is 2.60 bits per heavy atom. The number of carbonyl (C=O) groups excluding carboxylic acids is 2. The van der Waals surface area contributed by atoms with Crippen LogP contribution in [0.1, 0.15) is 24.8 Å². The summed E-state index contributed by atoms with van der Waals surface area (Å²) in [5.74, 6) is -3.48. The second-order valence-electron chi connectivity index (χ2n) is 6.98. The second kappa shape index (κ2) is 10.4. The van der Waals surface area contributed by atoms with Crippen LogP contribution in [0.2, 0.25) is 0 Å². The van der Waals surface area contributed by atoms with Crippen molar-refractivity contribution in [2.45, 2.75) is 37.1 Å². The summed E-state index contributed by atoms with van der Waals surface area (Å²) < 4.78 is 31.8. The van der Waals surface area contributed by atoms with Crippen LogP contribution in [0.5, 0.6) is 0 Å². The van der Waals surface area contributed by atoms with Crippen molar-refractivity contribution in [2.75, 3.05) is 19.7 Å². The van der Waals surface area contributed by atoms with E-state index in [0.29, 0.717) is 6.42 Å². The Balaban J connectivity index is 2.11. The third-order valence-electron chi connectivity index (χ3n) is 4.84. The van der Waals surface area contributed by atoms with Crippen LogP contribution in [-0.4, -0.2) is 61.4 Å². The van der Waals surface area contributed by atoms with Crippen LogP contribution >= 0.6 is 0 Å². The van der Waals surface area contributed by atoms with Crippen LogP contribution < -0.4 is 5.32 Å². The standard InChI is InChI=1S/C20H26N2O7S/c1-3-13-29-20(26)21-11-10-16(19(24)25)18(23)17-5-4-12-22(17)30(27,28)15-8-6-14(2)7-9-15/h3,6-9,16-17H,1,4-5,10-13H2,2H3,(H,21,26)(H,24,25)/t16?,17-/m0/s1. The molecule has 2 atom stereocenters. The van der Waals surface area contributed by atoms with Gasteiger partial charge in [0, 0.05) is 13.1 Å². The topological polar surface area (TPSA) is 130 Å². The zero-order chi connectivity index (χ0) is 22.3. The number of carboxylic acid groups (broad SMARTS) is 1. The van der Waals surface area contributed by atoms with E-state index in [2.05, 4.69) is 11.9 Å². The van der Waals surface area contributed by atoms with E-state index >= 15 is 0 Å². The minimum absolute atomic E-state index is 0.00102. The molecule has 0 radical (unpaired) electrons. The summed E-state index contributed by atoms with van der Waals surface area (Å²) in [4.78, 5) is 36.1. The van der Waals surface area contributed by atoms with Crippen molar-refractivity contribution in [2.24, 2.45) is 5.92 Å². The molecule has 0 aliphatic carbocycles. The molecule has 30 heavy (non-hydrogen) atoms. The van der Waals surface area contributed by atoms with Gasteiger partial charge in [0.1, 0.15) is 12.5 Å². The quantitative estimate of drug-likeness (QED) is 0.420. The number of Topliss-reactive ketones (excluding diaryl/α,β-unsaturated/α-hetero) is 1. The predicted molar refractivity (Wildman–Crippen MR) is 108 cm³/mol. The first-order valence-corrected chi connectivity index (χ1v) is 11.0. The Kier molecular flexibility index (Phi) is 8.13. The molecule has 1 unspecified atom stereocenters. The number of carboxylic acids is 1. The maximum Gasteiger partial charge on any atom is 0.407 e. The number of benzene rings is 1. The zero-order valence-corrected chi connectivity index (χ0v) is 17.6. The SMILES string of the molecule is C=CCOC(=O)NCCC(C(=O)O)C(=O)[C@@H]1CCCN1S(=O)(=O)c1ccc(C)cc1. The molecule has 1 saturated heterocycles. The molecule has 0 spiro atoms. The number of nitrogens with zero attached hydrogens (tertiary/aromatic N) is 1. The molecular formula is C20H26N2O7S. The Morgan fingerprint density at radius 1 is 1.33 bits per heavy atom. The molecule has 2 rings (SSSR count). The zero-order valence-electron chi connectivity index (χ0n) is 16.7. The van der Waals surface area contributed by atoms with Crippen molar-refractivity contribution < 1.29 is 32.6 Å². The molecule has 0 saturated carbocycles. The molecule has 1 aliphatic rings. The van der Waals surface area contributed by atoms with Gasteiger partial charge >= 0.3 is 12.1 Å². The summed E-state index contributed by atoms with van der Waals surface area (Å²) in [5.41, 5.74) is 0.896. The van der Waals surface area contributed by atoms with E-state index < -0.39 is 39.8 Å². The normalized spacial score (nSPS) is 17.8. The molecule has 10 heteroatoms. The maximum absolute atomic E-state index is 13.0. The smallest absolute Gasteiger partial charge is 0.407 e. The van der Waals surface area contributed by atoms with E-state index in [0.717, 1.165) is 9.87 Å². The van der Waals surface area contributed by atoms with Crippen LogP contribution in [-0.2, 0) is 24.3 Å². The molecule has 1 aliphatic heterocycles. The molecule has 1 amide bonds. The number of aryl methyl sites for hydroxylation is 1. The van der Waals surface area contributed by atoms with Gasteiger partial charge in [-0.25, -0.2) is 13.2 Å². The number of nitrogens with one attached hydrogen (secondary N) is 1. The Morgan fingerprint density at radius 2 is 2.00 bits per heavy atom. The van der Waals surface area contributed by atoms with E-state index in [-0.39, 0.29) is 37.4 Å². The largest absolute Gasteiger partial charge is 0.481 e. The van der Waals surface area contributed by atoms with Gasteiger partial charge in [0.15, 0.2) is 5.78 Å². The molecule has 1 aromatic carbocycles. The highest BCUT2D eigenvalue weighted by Gasteiger charge is 2.43. The third kappa shape index (κ3) is 5.67. The van der Waals surface area contributed by atoms with E-state index in [1.54, 1.807) is 12.1 Å². The molecule has 2 N–H and O–H groups in total. The number of amides is 1. The minimum Gasteiger partial charge on any atom is -0.481 e. The second-order valence-corrected chi connectivity index (χ2v) is 8.87. The highest BCUT2D eigenvalue weighted by molar-refractivity contribution is 7.89. The Bertz CT molecular complexity index is 896. The minimum atomic E-state index is -3.93. The fourth-order valence-corrected chi connectivity index (χ4v) is 4.95. The lowest BCUT2D eigenvalue weighted by atomic mass is 9.94. The van der Waals surface area contributed by atoms with Crippen molar-refractivity contribution in [3.05, 3.63) is 42.5 Å². The van der Waals surface area contributed by atoms with Gasteiger partial charge in [0.05, 0.1) is 10.9 Å². The van der Waals surface area contributed by atoms with Crippen molar-refractivity contribution in [1.82, 2.24) is 9.62 Å². The fraction of sp³-hybridized carbons (Fsp3) is 0.450. The summed E-state index contributed by atoms with van der Waals surface area (Å²) in [7, 11) is -3.93. The lowest BCUT2D eigenvalue weighted by molar-refractivity contribution is -0.147. The molecule has 9 nitrogen and oxygen atoms in total. The molecule has 1 heterocycles. The van der Waals surface area contributed by atoms with E-state index in [4.69, 9.17) is 4.74 Å². The predicted octanol–water partition coefficient (Wildman–Crippen LogP) is 1.72. The third-order valence-corrected chi connectivity index (χ3v) is 6.76. The van der Waals surface area contributed by atoms with E-state index in [9.17, 15) is 27.9 Å². The first kappa shape index (κ1) is 23.6. The summed E-state index contributed by atoms with van der Waals surface area (Å²) in [6.45, 7) is 5.28. The molecule has 0 bridgehead atoms. The first-order valence-electron chi connectivity index (χ1n) is 9.55. The van der Waals surface area contributed by atoms with Crippen molar-refractivity contribution in [3.63, 3.8) is 0 Å². The molecule has 1 fully saturated rings. The van der Waals surface area contributed by atoms with Gasteiger partial charge in [0.25, 0.3) is 0 Å². The van der Waals surface area contributed by atoms with Gasteiger partial charge in [-0.05, 0) is 38.3 Å². The monoisotopic (exact) mass is 438 g/mol. The summed E-state index contributed by atoms with van der Waals surface area (Å²) in [6, 6.07) is 5.22. The summed E-state index contributed by atoms with van der Waals surface area (Å²) in [6.07, 6.45) is 1.16. The average molecular weight is 439 g/mol. The number of hydrogen-bond acceptors (Lipinski definition) is 6. The van der Waals surface area contributed by atoms with Crippen molar-refractivity contribution >= 4 is 27.9 Å². The van der Waals surface area contributed by atoms with Crippen LogP contribution in [0, 0.1) is 12.8 Å². The molecule has 164 valence electrons. The summed E-state index contributed by atoms with van der Waals surface area (Å²) >= 11 is 0. The van der Waals surface area contributed by atoms with Crippen molar-refractivity contribution in [3.8, 4) is 0 Å². The highest BCUT2D eigenvalue weighted by Crippen LogP contribution is 2.29. The first-order chi connectivity index (χ1) is 14.2. The number of sulfonamides is 1. The van der Waals surface area contributed by atoms with Crippen LogP contribution in [0.4, 0.5) is 4.79 Å². The van der Waals surface area contributed by atoms with Crippen LogP contribution in [0.25, 0.3) is 0 Å². The van der Waals surface area contributed by atoms with Gasteiger partial charge in [-0.1, -0.05) is 30.4 Å². The lowest BCUT2D eigenvalue weighted by Gasteiger charge is -2.25. The number of carbonyl (C=O) groups is 3. The molecule has 0 aromatic heterocycles. The van der Waals surface area contributed by atoms with Gasteiger partial charge in [-0.3, -0.25) is 9.59 Å². The summed E-state index contributed by atoms with van der Waals surface area (Å²) in [5, 5.41) is 11.9.